The summed E-state index contributed by atoms with van der Waals surface area (Å²) < 4.78 is 19.2. The van der Waals surface area contributed by atoms with E-state index >= 15 is 0 Å². The fourth-order valence-corrected chi connectivity index (χ4v) is 2.37. The topological polar surface area (TPSA) is 46.5 Å². The van der Waals surface area contributed by atoms with Crippen LogP contribution in [0, 0.1) is 11.7 Å². The second-order valence-electron chi connectivity index (χ2n) is 4.75. The van der Waals surface area contributed by atoms with Crippen LogP contribution in [-0.2, 0) is 11.3 Å². The maximum Gasteiger partial charge on any atom is 0.338 e. The minimum absolute atomic E-state index is 0.142. The third kappa shape index (κ3) is 3.07. The van der Waals surface area contributed by atoms with Gasteiger partial charge in [-0.2, -0.15) is 0 Å². The number of hydrogen-bond acceptors (Lipinski definition) is 2. The molecule has 1 aliphatic carbocycles. The molecule has 0 bridgehead atoms. The normalized spacial score (nSPS) is 16.1. The second kappa shape index (κ2) is 5.96. The summed E-state index contributed by atoms with van der Waals surface area (Å²) in [6, 6.07) is 4.37. The number of hydrogen-bond donors (Lipinski definition) is 1. The number of halogens is 1. The van der Waals surface area contributed by atoms with E-state index in [1.807, 2.05) is 0 Å². The van der Waals surface area contributed by atoms with Crippen LogP contribution in [0.25, 0.3) is 0 Å². The van der Waals surface area contributed by atoms with E-state index in [9.17, 15) is 9.18 Å². The van der Waals surface area contributed by atoms with Crippen LogP contribution in [0.1, 0.15) is 41.6 Å². The molecule has 0 radical (unpaired) electrons. The van der Waals surface area contributed by atoms with Gasteiger partial charge in [-0.05, 0) is 24.8 Å². The molecule has 0 aromatic heterocycles. The van der Waals surface area contributed by atoms with Crippen molar-refractivity contribution >= 4 is 5.97 Å². The molecule has 0 spiro atoms. The third-order valence-electron chi connectivity index (χ3n) is 3.39. The predicted octanol–water partition coefficient (Wildman–Crippen LogP) is 3.23. The van der Waals surface area contributed by atoms with Crippen molar-refractivity contribution in [2.24, 2.45) is 5.92 Å². The van der Waals surface area contributed by atoms with Gasteiger partial charge in [0.2, 0.25) is 0 Å². The van der Waals surface area contributed by atoms with E-state index in [0.717, 1.165) is 0 Å². The molecule has 18 heavy (non-hydrogen) atoms. The Morgan fingerprint density at radius 3 is 2.78 bits per heavy atom. The van der Waals surface area contributed by atoms with Crippen molar-refractivity contribution in [3.8, 4) is 0 Å². The van der Waals surface area contributed by atoms with Crippen molar-refractivity contribution in [3.63, 3.8) is 0 Å². The van der Waals surface area contributed by atoms with Crippen molar-refractivity contribution in [1.29, 1.82) is 0 Å². The van der Waals surface area contributed by atoms with Crippen LogP contribution in [-0.4, -0.2) is 17.7 Å². The molecule has 98 valence electrons. The lowest BCUT2D eigenvalue weighted by Gasteiger charge is -2.11. The number of carboxylic acids is 1. The maximum absolute atomic E-state index is 13.8. The van der Waals surface area contributed by atoms with Crippen molar-refractivity contribution in [1.82, 2.24) is 0 Å². The Balaban J connectivity index is 1.92. The van der Waals surface area contributed by atoms with E-state index in [-0.39, 0.29) is 12.2 Å². The summed E-state index contributed by atoms with van der Waals surface area (Å²) in [7, 11) is 0. The van der Waals surface area contributed by atoms with Gasteiger partial charge in [-0.15, -0.1) is 0 Å². The smallest absolute Gasteiger partial charge is 0.338 e. The first-order chi connectivity index (χ1) is 8.68. The average Bonchev–Trinajstić information content (AvgIpc) is 2.84. The predicted molar refractivity (Wildman–Crippen MR) is 65.0 cm³/mol. The molecule has 0 aliphatic heterocycles. The van der Waals surface area contributed by atoms with Crippen LogP contribution < -0.4 is 0 Å². The summed E-state index contributed by atoms with van der Waals surface area (Å²) in [6.45, 7) is 0.778. The fraction of sp³-hybridized carbons (Fsp3) is 0.500. The molecule has 1 aliphatic rings. The first kappa shape index (κ1) is 13.0. The third-order valence-corrected chi connectivity index (χ3v) is 3.39. The number of benzene rings is 1. The molecule has 0 amide bonds. The second-order valence-corrected chi connectivity index (χ2v) is 4.75. The maximum atomic E-state index is 13.8. The number of ether oxygens (including phenoxy) is 1. The van der Waals surface area contributed by atoms with Gasteiger partial charge in [0.1, 0.15) is 5.82 Å². The summed E-state index contributed by atoms with van der Waals surface area (Å²) in [5, 5.41) is 8.81. The molecular formula is C14H17FO3. The van der Waals surface area contributed by atoms with Gasteiger partial charge in [0.25, 0.3) is 0 Å². The Morgan fingerprint density at radius 2 is 2.11 bits per heavy atom. The van der Waals surface area contributed by atoms with Gasteiger partial charge >= 0.3 is 5.97 Å². The van der Waals surface area contributed by atoms with Gasteiger partial charge in [0, 0.05) is 12.2 Å². The lowest BCUT2D eigenvalue weighted by molar-refractivity contribution is 0.0688. The summed E-state index contributed by atoms with van der Waals surface area (Å²) in [5.41, 5.74) is 0.0184. The zero-order valence-electron chi connectivity index (χ0n) is 10.2. The van der Waals surface area contributed by atoms with E-state index in [2.05, 4.69) is 0 Å². The van der Waals surface area contributed by atoms with E-state index in [0.29, 0.717) is 18.1 Å². The van der Waals surface area contributed by atoms with Crippen molar-refractivity contribution in [3.05, 3.63) is 35.1 Å². The molecule has 0 heterocycles. The molecule has 3 nitrogen and oxygen atoms in total. The van der Waals surface area contributed by atoms with E-state index in [1.54, 1.807) is 12.1 Å². The molecule has 1 aromatic carbocycles. The lowest BCUT2D eigenvalue weighted by Crippen LogP contribution is -2.08. The number of aromatic carboxylic acids is 1. The molecule has 4 heteroatoms. The summed E-state index contributed by atoms with van der Waals surface area (Å²) in [6.07, 6.45) is 4.85. The molecule has 2 rings (SSSR count). The Labute approximate surface area is 106 Å². The molecule has 1 aromatic rings. The van der Waals surface area contributed by atoms with Gasteiger partial charge in [0.15, 0.2) is 0 Å². The van der Waals surface area contributed by atoms with Crippen LogP contribution in [0.4, 0.5) is 4.39 Å². The Bertz CT molecular complexity index is 425. The minimum atomic E-state index is -1.25. The highest BCUT2D eigenvalue weighted by molar-refractivity contribution is 5.88. The highest BCUT2D eigenvalue weighted by Gasteiger charge is 2.16. The van der Waals surface area contributed by atoms with E-state index < -0.39 is 11.8 Å². The van der Waals surface area contributed by atoms with Gasteiger partial charge in [-0.1, -0.05) is 25.0 Å². The van der Waals surface area contributed by atoms with Crippen molar-refractivity contribution in [2.75, 3.05) is 6.61 Å². The largest absolute Gasteiger partial charge is 0.478 e. The highest BCUT2D eigenvalue weighted by Crippen LogP contribution is 2.25. The summed E-state index contributed by atoms with van der Waals surface area (Å²) in [5.74, 6) is -1.35. The molecule has 0 unspecified atom stereocenters. The van der Waals surface area contributed by atoms with E-state index in [4.69, 9.17) is 9.84 Å². The SMILES string of the molecule is O=C(O)c1cccc(COCC2CCCC2)c1F. The highest BCUT2D eigenvalue weighted by atomic mass is 19.1. The lowest BCUT2D eigenvalue weighted by atomic mass is 10.1. The average molecular weight is 252 g/mol. The number of rotatable bonds is 5. The van der Waals surface area contributed by atoms with Crippen LogP contribution in [0.3, 0.4) is 0 Å². The van der Waals surface area contributed by atoms with Gasteiger partial charge < -0.3 is 9.84 Å². The Kier molecular flexibility index (Phi) is 4.31. The fourth-order valence-electron chi connectivity index (χ4n) is 2.37. The summed E-state index contributed by atoms with van der Waals surface area (Å²) in [4.78, 5) is 10.8. The molecule has 1 fully saturated rings. The van der Waals surface area contributed by atoms with Crippen molar-refractivity contribution < 1.29 is 19.0 Å². The van der Waals surface area contributed by atoms with Crippen LogP contribution in [0.5, 0.6) is 0 Å². The monoisotopic (exact) mass is 252 g/mol. The number of carboxylic acid groups (broad SMARTS) is 1. The minimum Gasteiger partial charge on any atom is -0.478 e. The first-order valence-electron chi connectivity index (χ1n) is 6.27. The zero-order chi connectivity index (χ0) is 13.0. The van der Waals surface area contributed by atoms with Crippen LogP contribution >= 0.6 is 0 Å². The Hall–Kier alpha value is -1.42. The van der Waals surface area contributed by atoms with Gasteiger partial charge in [-0.3, -0.25) is 0 Å². The van der Waals surface area contributed by atoms with Crippen LogP contribution in [0.2, 0.25) is 0 Å². The molecule has 0 atom stereocenters. The molecule has 0 saturated heterocycles. The van der Waals surface area contributed by atoms with Gasteiger partial charge in [-0.25, -0.2) is 9.18 Å². The van der Waals surface area contributed by atoms with Crippen molar-refractivity contribution in [2.45, 2.75) is 32.3 Å². The molecule has 1 saturated carbocycles. The Morgan fingerprint density at radius 1 is 1.39 bits per heavy atom. The quantitative estimate of drug-likeness (QED) is 0.875. The van der Waals surface area contributed by atoms with Gasteiger partial charge in [0.05, 0.1) is 12.2 Å². The standard InChI is InChI=1S/C14H17FO3/c15-13-11(6-3-7-12(13)14(16)17)9-18-8-10-4-1-2-5-10/h3,6-7,10H,1-2,4-5,8-9H2,(H,16,17). The zero-order valence-corrected chi connectivity index (χ0v) is 10.2. The molecular weight excluding hydrogens is 235 g/mol. The first-order valence-corrected chi connectivity index (χ1v) is 6.27. The number of carbonyl (C=O) groups is 1. The summed E-state index contributed by atoms with van der Waals surface area (Å²) >= 11 is 0. The molecule has 1 N–H and O–H groups in total. The van der Waals surface area contributed by atoms with E-state index in [1.165, 1.54) is 31.7 Å². The van der Waals surface area contributed by atoms with Crippen LogP contribution in [0.15, 0.2) is 18.2 Å².